The first-order valence-electron chi connectivity index (χ1n) is 3.56. The van der Waals surface area contributed by atoms with E-state index in [-0.39, 0.29) is 0 Å². The zero-order chi connectivity index (χ0) is 9.30. The standard InChI is InChI=1S/C6H12O5S/c7-1-2-3(8)4(9)5(12)6(10)11-2/h2-10,12H,1H2/t2-,3-,4+,5-,6-/m1/s1. The molecule has 1 aliphatic heterocycles. The molecule has 5 atom stereocenters. The first kappa shape index (κ1) is 10.2. The number of ether oxygens (including phenoxy) is 1. The van der Waals surface area contributed by atoms with Gasteiger partial charge in [0.1, 0.15) is 12.2 Å². The fourth-order valence-corrected chi connectivity index (χ4v) is 1.33. The molecular formula is C6H12O5S. The Morgan fingerprint density at radius 3 is 2.25 bits per heavy atom. The monoisotopic (exact) mass is 196 g/mol. The second-order valence-corrected chi connectivity index (χ2v) is 3.32. The van der Waals surface area contributed by atoms with Crippen LogP contribution in [0.3, 0.4) is 0 Å². The van der Waals surface area contributed by atoms with E-state index in [1.807, 2.05) is 0 Å². The minimum absolute atomic E-state index is 0.449. The second-order valence-electron chi connectivity index (χ2n) is 2.72. The van der Waals surface area contributed by atoms with Crippen LogP contribution in [0.15, 0.2) is 0 Å². The third kappa shape index (κ3) is 1.73. The summed E-state index contributed by atoms with van der Waals surface area (Å²) in [4.78, 5) is 0. The number of rotatable bonds is 1. The van der Waals surface area contributed by atoms with E-state index < -0.39 is 36.5 Å². The zero-order valence-electron chi connectivity index (χ0n) is 6.24. The maximum absolute atomic E-state index is 9.24. The van der Waals surface area contributed by atoms with Gasteiger partial charge in [-0.05, 0) is 0 Å². The van der Waals surface area contributed by atoms with E-state index in [1.54, 1.807) is 0 Å². The van der Waals surface area contributed by atoms with Crippen molar-refractivity contribution in [1.82, 2.24) is 0 Å². The molecule has 1 aliphatic rings. The van der Waals surface area contributed by atoms with E-state index in [0.717, 1.165) is 0 Å². The summed E-state index contributed by atoms with van der Waals surface area (Å²) in [6, 6.07) is 0. The van der Waals surface area contributed by atoms with E-state index in [0.29, 0.717) is 0 Å². The highest BCUT2D eigenvalue weighted by molar-refractivity contribution is 7.81. The molecule has 0 spiro atoms. The van der Waals surface area contributed by atoms with Gasteiger partial charge in [-0.15, -0.1) is 0 Å². The van der Waals surface area contributed by atoms with Crippen molar-refractivity contribution in [3.63, 3.8) is 0 Å². The van der Waals surface area contributed by atoms with Crippen molar-refractivity contribution in [2.45, 2.75) is 29.9 Å². The normalized spacial score (nSPS) is 49.2. The largest absolute Gasteiger partial charge is 0.394 e. The van der Waals surface area contributed by atoms with Gasteiger partial charge in [-0.3, -0.25) is 0 Å². The molecule has 1 rings (SSSR count). The molecule has 0 radical (unpaired) electrons. The maximum Gasteiger partial charge on any atom is 0.169 e. The molecule has 0 amide bonds. The molecule has 0 unspecified atom stereocenters. The first-order valence-corrected chi connectivity index (χ1v) is 4.08. The molecular weight excluding hydrogens is 184 g/mol. The van der Waals surface area contributed by atoms with Crippen LogP contribution in [0.1, 0.15) is 0 Å². The number of aliphatic hydroxyl groups is 4. The Hall–Kier alpha value is 0.150. The van der Waals surface area contributed by atoms with Crippen molar-refractivity contribution in [2.24, 2.45) is 0 Å². The van der Waals surface area contributed by atoms with Crippen LogP contribution < -0.4 is 0 Å². The van der Waals surface area contributed by atoms with Gasteiger partial charge in [-0.2, -0.15) is 12.6 Å². The van der Waals surface area contributed by atoms with Crippen LogP contribution in [-0.2, 0) is 4.74 Å². The predicted octanol–water partition coefficient (Wildman–Crippen LogP) is -2.28. The smallest absolute Gasteiger partial charge is 0.169 e. The van der Waals surface area contributed by atoms with E-state index in [9.17, 15) is 10.2 Å². The van der Waals surface area contributed by atoms with Crippen LogP contribution in [-0.4, -0.2) is 56.9 Å². The summed E-state index contributed by atoms with van der Waals surface area (Å²) in [5, 5.41) is 35.4. The average Bonchev–Trinajstić information content (AvgIpc) is 2.08. The number of hydrogen-bond donors (Lipinski definition) is 5. The van der Waals surface area contributed by atoms with E-state index in [4.69, 9.17) is 14.9 Å². The predicted molar refractivity (Wildman–Crippen MR) is 42.8 cm³/mol. The number of aliphatic hydroxyl groups excluding tert-OH is 4. The Bertz CT molecular complexity index is 150. The Balaban J connectivity index is 2.63. The van der Waals surface area contributed by atoms with E-state index in [2.05, 4.69) is 12.6 Å². The van der Waals surface area contributed by atoms with Crippen LogP contribution in [0, 0.1) is 0 Å². The molecule has 0 aromatic heterocycles. The molecule has 6 heteroatoms. The lowest BCUT2D eigenvalue weighted by molar-refractivity contribution is -0.234. The van der Waals surface area contributed by atoms with Gasteiger partial charge in [0.25, 0.3) is 0 Å². The van der Waals surface area contributed by atoms with Gasteiger partial charge < -0.3 is 25.2 Å². The molecule has 0 aliphatic carbocycles. The molecule has 72 valence electrons. The van der Waals surface area contributed by atoms with Crippen LogP contribution in [0.25, 0.3) is 0 Å². The van der Waals surface area contributed by atoms with Crippen molar-refractivity contribution in [3.8, 4) is 0 Å². The lowest BCUT2D eigenvalue weighted by Gasteiger charge is -2.37. The molecule has 1 fully saturated rings. The van der Waals surface area contributed by atoms with Gasteiger partial charge in [-0.1, -0.05) is 0 Å². The molecule has 0 saturated carbocycles. The molecule has 0 aromatic rings. The van der Waals surface area contributed by atoms with Gasteiger partial charge in [-0.25, -0.2) is 0 Å². The number of hydrogen-bond acceptors (Lipinski definition) is 6. The minimum atomic E-state index is -1.26. The summed E-state index contributed by atoms with van der Waals surface area (Å²) in [5.41, 5.74) is 0. The highest BCUT2D eigenvalue weighted by Gasteiger charge is 2.41. The summed E-state index contributed by atoms with van der Waals surface area (Å²) >= 11 is 3.82. The van der Waals surface area contributed by atoms with E-state index in [1.165, 1.54) is 0 Å². The van der Waals surface area contributed by atoms with Gasteiger partial charge in [0.05, 0.1) is 18.0 Å². The lowest BCUT2D eigenvalue weighted by Crippen LogP contribution is -2.56. The summed E-state index contributed by atoms with van der Waals surface area (Å²) < 4.78 is 4.75. The molecule has 5 nitrogen and oxygen atoms in total. The van der Waals surface area contributed by atoms with Crippen molar-refractivity contribution < 1.29 is 25.2 Å². The quantitative estimate of drug-likeness (QED) is 0.305. The summed E-state index contributed by atoms with van der Waals surface area (Å²) in [7, 11) is 0. The molecule has 0 bridgehead atoms. The maximum atomic E-state index is 9.24. The third-order valence-electron chi connectivity index (χ3n) is 1.87. The summed E-state index contributed by atoms with van der Waals surface area (Å²) in [6.07, 6.45) is -4.60. The van der Waals surface area contributed by atoms with Crippen LogP contribution in [0.5, 0.6) is 0 Å². The Morgan fingerprint density at radius 1 is 1.17 bits per heavy atom. The Labute approximate surface area is 75.0 Å². The SMILES string of the molecule is OC[C@H]1O[C@@H](O)[C@H](S)[C@@H](O)[C@@H]1O. The van der Waals surface area contributed by atoms with Crippen molar-refractivity contribution in [2.75, 3.05) is 6.61 Å². The fraction of sp³-hybridized carbons (Fsp3) is 1.00. The summed E-state index contributed by atoms with van der Waals surface area (Å²) in [6.45, 7) is -0.449. The van der Waals surface area contributed by atoms with Crippen molar-refractivity contribution >= 4 is 12.6 Å². The van der Waals surface area contributed by atoms with Gasteiger partial charge >= 0.3 is 0 Å². The molecule has 12 heavy (non-hydrogen) atoms. The van der Waals surface area contributed by atoms with Crippen LogP contribution in [0.4, 0.5) is 0 Å². The van der Waals surface area contributed by atoms with E-state index >= 15 is 0 Å². The lowest BCUT2D eigenvalue weighted by atomic mass is 10.0. The van der Waals surface area contributed by atoms with Crippen molar-refractivity contribution in [1.29, 1.82) is 0 Å². The van der Waals surface area contributed by atoms with Crippen LogP contribution >= 0.6 is 12.6 Å². The van der Waals surface area contributed by atoms with Crippen LogP contribution in [0.2, 0.25) is 0 Å². The molecule has 1 heterocycles. The topological polar surface area (TPSA) is 90.2 Å². The fourth-order valence-electron chi connectivity index (χ4n) is 1.08. The van der Waals surface area contributed by atoms with Gasteiger partial charge in [0, 0.05) is 0 Å². The Kier molecular flexibility index (Phi) is 3.33. The molecule has 0 aromatic carbocycles. The third-order valence-corrected chi connectivity index (χ3v) is 2.43. The van der Waals surface area contributed by atoms with Gasteiger partial charge in [0.2, 0.25) is 0 Å². The second kappa shape index (κ2) is 3.91. The summed E-state index contributed by atoms with van der Waals surface area (Å²) in [5.74, 6) is 0. The number of thiol groups is 1. The Morgan fingerprint density at radius 2 is 1.75 bits per heavy atom. The average molecular weight is 196 g/mol. The van der Waals surface area contributed by atoms with Crippen molar-refractivity contribution in [3.05, 3.63) is 0 Å². The highest BCUT2D eigenvalue weighted by atomic mass is 32.1. The van der Waals surface area contributed by atoms with Gasteiger partial charge in [0.15, 0.2) is 6.29 Å². The first-order chi connectivity index (χ1) is 5.57. The highest BCUT2D eigenvalue weighted by Crippen LogP contribution is 2.22. The zero-order valence-corrected chi connectivity index (χ0v) is 7.13. The molecule has 4 N–H and O–H groups in total. The minimum Gasteiger partial charge on any atom is -0.394 e. The molecule has 1 saturated heterocycles.